The Morgan fingerprint density at radius 1 is 1.21 bits per heavy atom. The number of carbonyl (C=O) groups is 2. The highest BCUT2D eigenvalue weighted by Gasteiger charge is 2.33. The molecule has 0 aromatic heterocycles. The molecule has 2 aliphatic rings. The minimum atomic E-state index is -0.116. The van der Waals surface area contributed by atoms with Gasteiger partial charge < -0.3 is 15.1 Å². The Morgan fingerprint density at radius 2 is 1.96 bits per heavy atom. The number of likely N-dealkylation sites (N-methyl/N-ethyl adjacent to an activating group) is 1. The molecule has 2 atom stereocenters. The summed E-state index contributed by atoms with van der Waals surface area (Å²) in [5.41, 5.74) is 1.29. The van der Waals surface area contributed by atoms with Crippen molar-refractivity contribution in [3.63, 3.8) is 0 Å². The Hall–Kier alpha value is -2.08. The van der Waals surface area contributed by atoms with Crippen molar-refractivity contribution in [2.75, 3.05) is 39.8 Å². The second-order valence-electron chi connectivity index (χ2n) is 6.95. The van der Waals surface area contributed by atoms with E-state index >= 15 is 0 Å². The second-order valence-corrected chi connectivity index (χ2v) is 6.95. The molecule has 3 rings (SSSR count). The summed E-state index contributed by atoms with van der Waals surface area (Å²) in [4.78, 5) is 29.9. The fourth-order valence-corrected chi connectivity index (χ4v) is 3.41. The van der Waals surface area contributed by atoms with Crippen LogP contribution in [0.2, 0.25) is 0 Å². The van der Waals surface area contributed by atoms with Crippen molar-refractivity contribution in [3.05, 3.63) is 35.9 Å². The van der Waals surface area contributed by atoms with Gasteiger partial charge in [-0.1, -0.05) is 37.3 Å². The van der Waals surface area contributed by atoms with Gasteiger partial charge in [-0.3, -0.25) is 9.69 Å². The predicted molar refractivity (Wildman–Crippen MR) is 92.4 cm³/mol. The molecule has 6 nitrogen and oxygen atoms in total. The third-order valence-corrected chi connectivity index (χ3v) is 4.99. The van der Waals surface area contributed by atoms with Crippen molar-refractivity contribution in [3.8, 4) is 0 Å². The van der Waals surface area contributed by atoms with Crippen molar-refractivity contribution in [2.24, 2.45) is 5.92 Å². The summed E-state index contributed by atoms with van der Waals surface area (Å²) in [5, 5.41) is 3.12. The van der Waals surface area contributed by atoms with Gasteiger partial charge in [0.2, 0.25) is 5.91 Å². The average Bonchev–Trinajstić information content (AvgIpc) is 2.90. The molecular weight excluding hydrogens is 304 g/mol. The highest BCUT2D eigenvalue weighted by Crippen LogP contribution is 2.19. The Bertz CT molecular complexity index is 592. The molecule has 2 heterocycles. The molecular formula is C18H26N4O2. The van der Waals surface area contributed by atoms with Gasteiger partial charge in [0.15, 0.2) is 0 Å². The summed E-state index contributed by atoms with van der Waals surface area (Å²) in [5.74, 6) is 0.405. The summed E-state index contributed by atoms with van der Waals surface area (Å²) in [6, 6.07) is 10.4. The number of hydrogen-bond acceptors (Lipinski definition) is 3. The first-order valence-corrected chi connectivity index (χ1v) is 8.58. The quantitative estimate of drug-likeness (QED) is 0.899. The molecule has 2 aliphatic heterocycles. The Morgan fingerprint density at radius 3 is 2.67 bits per heavy atom. The molecule has 0 unspecified atom stereocenters. The number of hydrogen-bond donors (Lipinski definition) is 1. The summed E-state index contributed by atoms with van der Waals surface area (Å²) in [6.07, 6.45) is 0. The van der Waals surface area contributed by atoms with E-state index in [-0.39, 0.29) is 24.5 Å². The van der Waals surface area contributed by atoms with E-state index in [0.29, 0.717) is 19.0 Å². The third kappa shape index (κ3) is 3.87. The van der Waals surface area contributed by atoms with Gasteiger partial charge in [0.25, 0.3) is 0 Å². The SMILES string of the molecule is C[C@@H]1CN(Cc2ccccc2)C[C@H]1NC(=O)N1CCN(C)C(=O)C1. The molecule has 1 N–H and O–H groups in total. The van der Waals surface area contributed by atoms with Gasteiger partial charge in [0.05, 0.1) is 0 Å². The molecule has 0 saturated carbocycles. The van der Waals surface area contributed by atoms with Crippen LogP contribution in [0.3, 0.4) is 0 Å². The van der Waals surface area contributed by atoms with Gasteiger partial charge >= 0.3 is 6.03 Å². The first-order chi connectivity index (χ1) is 11.5. The summed E-state index contributed by atoms with van der Waals surface area (Å²) in [6.45, 7) is 6.29. The van der Waals surface area contributed by atoms with Crippen molar-refractivity contribution in [1.29, 1.82) is 0 Å². The molecule has 130 valence electrons. The van der Waals surface area contributed by atoms with Crippen molar-refractivity contribution >= 4 is 11.9 Å². The van der Waals surface area contributed by atoms with Gasteiger partial charge in [0, 0.05) is 45.8 Å². The number of piperazine rings is 1. The Balaban J connectivity index is 1.52. The van der Waals surface area contributed by atoms with Crippen LogP contribution in [0.1, 0.15) is 12.5 Å². The molecule has 3 amide bonds. The number of amides is 3. The van der Waals surface area contributed by atoms with E-state index in [4.69, 9.17) is 0 Å². The zero-order valence-electron chi connectivity index (χ0n) is 14.4. The van der Waals surface area contributed by atoms with Gasteiger partial charge in [-0.2, -0.15) is 0 Å². The summed E-state index contributed by atoms with van der Waals surface area (Å²) in [7, 11) is 1.78. The highest BCUT2D eigenvalue weighted by molar-refractivity contribution is 5.85. The zero-order chi connectivity index (χ0) is 17.1. The number of nitrogens with one attached hydrogen (secondary N) is 1. The Labute approximate surface area is 143 Å². The van der Waals surface area contributed by atoms with Crippen LogP contribution < -0.4 is 5.32 Å². The number of nitrogens with zero attached hydrogens (tertiary/aromatic N) is 3. The van der Waals surface area contributed by atoms with E-state index in [1.807, 2.05) is 6.07 Å². The maximum Gasteiger partial charge on any atom is 0.318 e. The predicted octanol–water partition coefficient (Wildman–Crippen LogP) is 0.991. The average molecular weight is 330 g/mol. The van der Waals surface area contributed by atoms with Gasteiger partial charge in [-0.25, -0.2) is 4.79 Å². The van der Waals surface area contributed by atoms with E-state index in [1.54, 1.807) is 16.8 Å². The molecule has 1 aromatic rings. The summed E-state index contributed by atoms with van der Waals surface area (Å²) >= 11 is 0. The number of urea groups is 1. The number of rotatable bonds is 3. The first kappa shape index (κ1) is 16.8. The van der Waals surface area contributed by atoms with Crippen molar-refractivity contribution in [1.82, 2.24) is 20.0 Å². The lowest BCUT2D eigenvalue weighted by molar-refractivity contribution is -0.133. The van der Waals surface area contributed by atoms with Crippen LogP contribution in [0.5, 0.6) is 0 Å². The summed E-state index contributed by atoms with van der Waals surface area (Å²) < 4.78 is 0. The number of likely N-dealkylation sites (tertiary alicyclic amines) is 1. The maximum atomic E-state index is 12.4. The van der Waals surface area contributed by atoms with E-state index in [0.717, 1.165) is 19.6 Å². The number of benzene rings is 1. The lowest BCUT2D eigenvalue weighted by atomic mass is 10.1. The van der Waals surface area contributed by atoms with Crippen LogP contribution in [0.4, 0.5) is 4.79 Å². The minimum absolute atomic E-state index is 0.00146. The van der Waals surface area contributed by atoms with Crippen LogP contribution in [-0.2, 0) is 11.3 Å². The molecule has 0 spiro atoms. The van der Waals surface area contributed by atoms with Crippen molar-refractivity contribution < 1.29 is 9.59 Å². The van der Waals surface area contributed by atoms with Gasteiger partial charge in [-0.15, -0.1) is 0 Å². The lowest BCUT2D eigenvalue weighted by Gasteiger charge is -2.33. The maximum absolute atomic E-state index is 12.4. The van der Waals surface area contributed by atoms with Crippen LogP contribution >= 0.6 is 0 Å². The molecule has 0 radical (unpaired) electrons. The molecule has 0 bridgehead atoms. The smallest absolute Gasteiger partial charge is 0.318 e. The molecule has 1 aromatic carbocycles. The van der Waals surface area contributed by atoms with Crippen LogP contribution in [0.25, 0.3) is 0 Å². The van der Waals surface area contributed by atoms with Crippen LogP contribution in [-0.4, -0.2) is 72.5 Å². The highest BCUT2D eigenvalue weighted by atomic mass is 16.2. The first-order valence-electron chi connectivity index (χ1n) is 8.58. The van der Waals surface area contributed by atoms with E-state index in [9.17, 15) is 9.59 Å². The topological polar surface area (TPSA) is 55.9 Å². The van der Waals surface area contributed by atoms with E-state index in [2.05, 4.69) is 41.4 Å². The number of carbonyl (C=O) groups excluding carboxylic acids is 2. The van der Waals surface area contributed by atoms with Crippen LogP contribution in [0, 0.1) is 5.92 Å². The molecule has 2 fully saturated rings. The fraction of sp³-hybridized carbons (Fsp3) is 0.556. The largest absolute Gasteiger partial charge is 0.342 e. The van der Waals surface area contributed by atoms with Crippen LogP contribution in [0.15, 0.2) is 30.3 Å². The molecule has 2 saturated heterocycles. The van der Waals surface area contributed by atoms with Gasteiger partial charge in [-0.05, 0) is 11.5 Å². The standard InChI is InChI=1S/C18H26N4O2/c1-14-10-21(11-15-6-4-3-5-7-15)12-16(14)19-18(24)22-9-8-20(2)17(23)13-22/h3-7,14,16H,8-13H2,1-2H3,(H,19,24)/t14-,16-/m1/s1. The lowest BCUT2D eigenvalue weighted by Crippen LogP contribution is -2.55. The third-order valence-electron chi connectivity index (χ3n) is 4.99. The molecule has 6 heteroatoms. The van der Waals surface area contributed by atoms with Gasteiger partial charge in [0.1, 0.15) is 6.54 Å². The Kier molecular flexibility index (Phi) is 5.04. The minimum Gasteiger partial charge on any atom is -0.342 e. The second kappa shape index (κ2) is 7.21. The molecule has 0 aliphatic carbocycles. The van der Waals surface area contributed by atoms with Crippen molar-refractivity contribution in [2.45, 2.75) is 19.5 Å². The normalized spacial score (nSPS) is 25.2. The van der Waals surface area contributed by atoms with E-state index < -0.39 is 0 Å². The van der Waals surface area contributed by atoms with E-state index in [1.165, 1.54) is 5.56 Å². The molecule has 24 heavy (non-hydrogen) atoms. The fourth-order valence-electron chi connectivity index (χ4n) is 3.41. The zero-order valence-corrected chi connectivity index (χ0v) is 14.4. The monoisotopic (exact) mass is 330 g/mol.